The molecule has 2 rings (SSSR count). The van der Waals surface area contributed by atoms with Gasteiger partial charge in [0.15, 0.2) is 5.82 Å². The van der Waals surface area contributed by atoms with Gasteiger partial charge in [-0.3, -0.25) is 9.51 Å². The maximum atomic E-state index is 10.6. The Morgan fingerprint density at radius 3 is 3.08 bits per heavy atom. The van der Waals surface area contributed by atoms with Crippen molar-refractivity contribution in [2.24, 2.45) is 0 Å². The van der Waals surface area contributed by atoms with E-state index in [4.69, 9.17) is 0 Å². The summed E-state index contributed by atoms with van der Waals surface area (Å²) in [7, 11) is 0. The molecular formula is C8H13N3O2. The van der Waals surface area contributed by atoms with E-state index in [2.05, 4.69) is 20.0 Å². The van der Waals surface area contributed by atoms with E-state index in [1.165, 1.54) is 12.8 Å². The molecule has 0 bridgehead atoms. The Labute approximate surface area is 75.5 Å². The number of aromatic nitrogens is 2. The van der Waals surface area contributed by atoms with E-state index >= 15 is 0 Å². The lowest BCUT2D eigenvalue weighted by molar-refractivity contribution is 0.364. The van der Waals surface area contributed by atoms with Gasteiger partial charge in [-0.1, -0.05) is 11.6 Å². The molecule has 0 spiro atoms. The number of rotatable bonds is 2. The summed E-state index contributed by atoms with van der Waals surface area (Å²) < 4.78 is 4.42. The summed E-state index contributed by atoms with van der Waals surface area (Å²) >= 11 is 0. The molecule has 2 heterocycles. The van der Waals surface area contributed by atoms with E-state index in [1.807, 2.05) is 0 Å². The monoisotopic (exact) mass is 183 g/mol. The second kappa shape index (κ2) is 3.74. The van der Waals surface area contributed by atoms with Gasteiger partial charge in [-0.05, 0) is 19.4 Å². The normalized spacial score (nSPS) is 23.2. The van der Waals surface area contributed by atoms with Gasteiger partial charge in [-0.25, -0.2) is 4.79 Å². The smallest absolute Gasteiger partial charge is 0.314 e. The Morgan fingerprint density at radius 2 is 2.46 bits per heavy atom. The van der Waals surface area contributed by atoms with Crippen LogP contribution < -0.4 is 11.1 Å². The lowest BCUT2D eigenvalue weighted by atomic mass is 10.0. The van der Waals surface area contributed by atoms with Crippen LogP contribution >= 0.6 is 0 Å². The summed E-state index contributed by atoms with van der Waals surface area (Å²) in [5, 5.41) is 7.00. The van der Waals surface area contributed by atoms with E-state index in [1.54, 1.807) is 0 Å². The summed E-state index contributed by atoms with van der Waals surface area (Å²) in [5.41, 5.74) is 0. The molecule has 0 aliphatic carbocycles. The minimum atomic E-state index is -0.467. The zero-order chi connectivity index (χ0) is 9.10. The predicted molar refractivity (Wildman–Crippen MR) is 46.5 cm³/mol. The fourth-order valence-corrected chi connectivity index (χ4v) is 1.68. The van der Waals surface area contributed by atoms with Crippen LogP contribution in [0.3, 0.4) is 0 Å². The Balaban J connectivity index is 1.93. The zero-order valence-corrected chi connectivity index (χ0v) is 7.38. The molecule has 1 fully saturated rings. The maximum absolute atomic E-state index is 10.6. The molecule has 0 amide bonds. The zero-order valence-electron chi connectivity index (χ0n) is 7.38. The van der Waals surface area contributed by atoms with Gasteiger partial charge in [0, 0.05) is 12.5 Å². The van der Waals surface area contributed by atoms with Crippen molar-refractivity contribution >= 4 is 0 Å². The molecule has 1 saturated heterocycles. The standard InChI is InChI=1S/C8H13N3O2/c12-8-10-7(11-13-8)5-6-3-1-2-4-9-6/h6,9H,1-5H2,(H,10,11,12). The van der Waals surface area contributed by atoms with Gasteiger partial charge in [0.1, 0.15) is 0 Å². The number of aromatic amines is 1. The fraction of sp³-hybridized carbons (Fsp3) is 0.750. The highest BCUT2D eigenvalue weighted by molar-refractivity contribution is 4.86. The second-order valence-corrected chi connectivity index (χ2v) is 3.39. The third-order valence-electron chi connectivity index (χ3n) is 2.34. The van der Waals surface area contributed by atoms with Crippen LogP contribution in [0.5, 0.6) is 0 Å². The highest BCUT2D eigenvalue weighted by atomic mass is 16.5. The van der Waals surface area contributed by atoms with Crippen LogP contribution in [0.25, 0.3) is 0 Å². The molecule has 5 nitrogen and oxygen atoms in total. The Bertz CT molecular complexity index is 311. The molecule has 0 radical (unpaired) electrons. The largest absolute Gasteiger partial charge is 0.438 e. The molecule has 1 aliphatic rings. The van der Waals surface area contributed by atoms with Crippen molar-refractivity contribution in [2.75, 3.05) is 6.54 Å². The topological polar surface area (TPSA) is 70.9 Å². The van der Waals surface area contributed by atoms with E-state index in [9.17, 15) is 4.79 Å². The lowest BCUT2D eigenvalue weighted by Gasteiger charge is -2.21. The third-order valence-corrected chi connectivity index (χ3v) is 2.34. The van der Waals surface area contributed by atoms with Crippen molar-refractivity contribution in [3.05, 3.63) is 16.4 Å². The summed E-state index contributed by atoms with van der Waals surface area (Å²) in [4.78, 5) is 13.2. The minimum absolute atomic E-state index is 0.439. The van der Waals surface area contributed by atoms with Crippen molar-refractivity contribution in [2.45, 2.75) is 31.7 Å². The molecule has 1 unspecified atom stereocenters. The summed E-state index contributed by atoms with van der Waals surface area (Å²) in [6.07, 6.45) is 4.40. The first-order valence-corrected chi connectivity index (χ1v) is 4.63. The van der Waals surface area contributed by atoms with Crippen LogP contribution in [0.4, 0.5) is 0 Å². The van der Waals surface area contributed by atoms with Gasteiger partial charge < -0.3 is 5.32 Å². The van der Waals surface area contributed by atoms with Gasteiger partial charge >= 0.3 is 5.76 Å². The molecule has 1 aromatic rings. The van der Waals surface area contributed by atoms with Gasteiger partial charge in [0.25, 0.3) is 0 Å². The van der Waals surface area contributed by atoms with Gasteiger partial charge in [-0.15, -0.1) is 0 Å². The number of H-pyrrole nitrogens is 1. The molecule has 13 heavy (non-hydrogen) atoms. The molecule has 0 saturated carbocycles. The molecule has 2 N–H and O–H groups in total. The fourth-order valence-electron chi connectivity index (χ4n) is 1.68. The van der Waals surface area contributed by atoms with E-state index < -0.39 is 5.76 Å². The van der Waals surface area contributed by atoms with Gasteiger partial charge in [0.2, 0.25) is 0 Å². The molecule has 1 atom stereocenters. The van der Waals surface area contributed by atoms with Crippen molar-refractivity contribution in [3.63, 3.8) is 0 Å². The number of hydrogen-bond donors (Lipinski definition) is 2. The number of hydrogen-bond acceptors (Lipinski definition) is 4. The van der Waals surface area contributed by atoms with Crippen LogP contribution in [-0.2, 0) is 6.42 Å². The van der Waals surface area contributed by atoms with Crippen LogP contribution in [0.15, 0.2) is 9.32 Å². The number of piperidine rings is 1. The molecule has 5 heteroatoms. The van der Waals surface area contributed by atoms with Crippen molar-refractivity contribution in [1.29, 1.82) is 0 Å². The van der Waals surface area contributed by atoms with Crippen molar-refractivity contribution < 1.29 is 4.52 Å². The first-order chi connectivity index (χ1) is 6.34. The van der Waals surface area contributed by atoms with Crippen molar-refractivity contribution in [3.8, 4) is 0 Å². The number of nitrogens with one attached hydrogen (secondary N) is 2. The van der Waals surface area contributed by atoms with Crippen LogP contribution in [0.2, 0.25) is 0 Å². The average molecular weight is 183 g/mol. The predicted octanol–water partition coefficient (Wildman–Crippen LogP) is 0.0475. The van der Waals surface area contributed by atoms with Gasteiger partial charge in [-0.2, -0.15) is 0 Å². The maximum Gasteiger partial charge on any atom is 0.438 e. The minimum Gasteiger partial charge on any atom is -0.314 e. The lowest BCUT2D eigenvalue weighted by Crippen LogP contribution is -2.35. The van der Waals surface area contributed by atoms with E-state index in [0.717, 1.165) is 19.4 Å². The Kier molecular flexibility index (Phi) is 2.44. The van der Waals surface area contributed by atoms with E-state index in [-0.39, 0.29) is 0 Å². The van der Waals surface area contributed by atoms with E-state index in [0.29, 0.717) is 11.9 Å². The summed E-state index contributed by atoms with van der Waals surface area (Å²) in [6, 6.07) is 0.439. The highest BCUT2D eigenvalue weighted by Gasteiger charge is 2.14. The first-order valence-electron chi connectivity index (χ1n) is 4.63. The van der Waals surface area contributed by atoms with Crippen molar-refractivity contribution in [1.82, 2.24) is 15.5 Å². The first kappa shape index (κ1) is 8.50. The SMILES string of the molecule is O=c1[nH]c(CC2CCCCN2)no1. The van der Waals surface area contributed by atoms with Crippen LogP contribution in [0, 0.1) is 0 Å². The van der Waals surface area contributed by atoms with Crippen LogP contribution in [0.1, 0.15) is 25.1 Å². The third kappa shape index (κ3) is 2.18. The average Bonchev–Trinajstić information content (AvgIpc) is 2.53. The molecule has 0 aromatic carbocycles. The molecule has 1 aromatic heterocycles. The second-order valence-electron chi connectivity index (χ2n) is 3.39. The molecular weight excluding hydrogens is 170 g/mol. The van der Waals surface area contributed by atoms with Crippen LogP contribution in [-0.4, -0.2) is 22.7 Å². The molecule has 1 aliphatic heterocycles. The summed E-state index contributed by atoms with van der Waals surface area (Å²) in [5.74, 6) is 0.176. The summed E-state index contributed by atoms with van der Waals surface area (Å²) in [6.45, 7) is 1.06. The number of nitrogens with zero attached hydrogens (tertiary/aromatic N) is 1. The Morgan fingerprint density at radius 1 is 1.54 bits per heavy atom. The highest BCUT2D eigenvalue weighted by Crippen LogP contribution is 2.09. The van der Waals surface area contributed by atoms with Gasteiger partial charge in [0.05, 0.1) is 0 Å². The molecule has 72 valence electrons. The quantitative estimate of drug-likeness (QED) is 0.679. The Hall–Kier alpha value is -1.10.